The average molecular weight is 153 g/mol. The van der Waals surface area contributed by atoms with Crippen LogP contribution in [0.2, 0.25) is 0 Å². The van der Waals surface area contributed by atoms with E-state index in [2.05, 4.69) is 0 Å². The topological polar surface area (TPSA) is 29.5 Å². The molecule has 0 saturated carbocycles. The number of ether oxygens (including phenoxy) is 1. The zero-order chi connectivity index (χ0) is 8.10. The van der Waals surface area contributed by atoms with E-state index in [-0.39, 0.29) is 6.23 Å². The van der Waals surface area contributed by atoms with Crippen LogP contribution in [0.15, 0.2) is 24.4 Å². The molecule has 0 bridgehead atoms. The van der Waals surface area contributed by atoms with Crippen molar-refractivity contribution in [3.63, 3.8) is 0 Å². The fourth-order valence-corrected chi connectivity index (χ4v) is 0.910. The fourth-order valence-electron chi connectivity index (χ4n) is 0.910. The number of rotatable bonds is 3. The molecule has 1 heterocycles. The third kappa shape index (κ3) is 2.11. The first-order valence-corrected chi connectivity index (χ1v) is 3.53. The molecule has 0 aliphatic carbocycles. The van der Waals surface area contributed by atoms with Crippen LogP contribution in [0, 0.1) is 0 Å². The lowest BCUT2D eigenvalue weighted by molar-refractivity contribution is -0.139. The lowest BCUT2D eigenvalue weighted by Gasteiger charge is -2.25. The van der Waals surface area contributed by atoms with Gasteiger partial charge in [-0.25, -0.2) is 0 Å². The van der Waals surface area contributed by atoms with Gasteiger partial charge in [-0.2, -0.15) is 0 Å². The van der Waals surface area contributed by atoms with Crippen molar-refractivity contribution in [3.05, 3.63) is 24.4 Å². The number of hydrogen-bond acceptors (Lipinski definition) is 3. The number of carbonyl (C=O) groups excluding carboxylic acids is 1. The predicted molar refractivity (Wildman–Crippen MR) is 41.6 cm³/mol. The maximum absolute atomic E-state index is 9.97. The first-order chi connectivity index (χ1) is 5.34. The van der Waals surface area contributed by atoms with E-state index >= 15 is 0 Å². The van der Waals surface area contributed by atoms with Crippen LogP contribution in [0.3, 0.4) is 0 Å². The molecular formula is C8H11NO2. The van der Waals surface area contributed by atoms with Crippen LogP contribution in [0.5, 0.6) is 0 Å². The number of carbonyl (C=O) groups is 1. The number of allylic oxidation sites excluding steroid dienone is 2. The Balaban J connectivity index is 2.41. The van der Waals surface area contributed by atoms with Gasteiger partial charge in [0.2, 0.25) is 0 Å². The van der Waals surface area contributed by atoms with Gasteiger partial charge in [-0.05, 0) is 13.0 Å². The second kappa shape index (κ2) is 3.81. The van der Waals surface area contributed by atoms with Crippen molar-refractivity contribution >= 4 is 6.47 Å². The Hall–Kier alpha value is -1.25. The molecule has 1 unspecified atom stereocenters. The third-order valence-corrected chi connectivity index (χ3v) is 1.56. The largest absolute Gasteiger partial charge is 0.444 e. The van der Waals surface area contributed by atoms with Gasteiger partial charge in [-0.1, -0.05) is 12.2 Å². The van der Waals surface area contributed by atoms with E-state index in [0.717, 1.165) is 6.54 Å². The zero-order valence-electron chi connectivity index (χ0n) is 6.43. The van der Waals surface area contributed by atoms with Crippen molar-refractivity contribution in [2.24, 2.45) is 0 Å². The minimum absolute atomic E-state index is 0.173. The molecule has 0 radical (unpaired) electrons. The fraction of sp³-hybridized carbons (Fsp3) is 0.375. The Bertz CT molecular complexity index is 187. The Labute approximate surface area is 65.9 Å². The maximum Gasteiger partial charge on any atom is 0.294 e. The van der Waals surface area contributed by atoms with Crippen molar-refractivity contribution in [1.29, 1.82) is 0 Å². The van der Waals surface area contributed by atoms with Crippen molar-refractivity contribution in [2.45, 2.75) is 13.2 Å². The third-order valence-electron chi connectivity index (χ3n) is 1.56. The van der Waals surface area contributed by atoms with Gasteiger partial charge in [0.15, 0.2) is 6.23 Å². The van der Waals surface area contributed by atoms with Gasteiger partial charge in [0.25, 0.3) is 6.47 Å². The van der Waals surface area contributed by atoms with Crippen LogP contribution < -0.4 is 0 Å². The van der Waals surface area contributed by atoms with E-state index in [1.807, 2.05) is 36.3 Å². The molecular weight excluding hydrogens is 142 g/mol. The van der Waals surface area contributed by atoms with Crippen molar-refractivity contribution in [1.82, 2.24) is 4.90 Å². The van der Waals surface area contributed by atoms with Gasteiger partial charge in [0, 0.05) is 12.7 Å². The summed E-state index contributed by atoms with van der Waals surface area (Å²) < 4.78 is 4.74. The molecule has 0 saturated heterocycles. The maximum atomic E-state index is 9.97. The molecule has 0 N–H and O–H groups in total. The summed E-state index contributed by atoms with van der Waals surface area (Å²) in [5, 5.41) is 0. The Kier molecular flexibility index (Phi) is 2.72. The van der Waals surface area contributed by atoms with E-state index in [1.54, 1.807) is 0 Å². The molecule has 1 atom stereocenters. The summed E-state index contributed by atoms with van der Waals surface area (Å²) >= 11 is 0. The molecule has 60 valence electrons. The van der Waals surface area contributed by atoms with Crippen LogP contribution in [0.25, 0.3) is 0 Å². The van der Waals surface area contributed by atoms with Crippen molar-refractivity contribution < 1.29 is 9.53 Å². The SMILES string of the molecule is CC(OC=O)N1C=CC=CC1. The monoisotopic (exact) mass is 153 g/mol. The molecule has 3 heteroatoms. The van der Waals surface area contributed by atoms with E-state index in [9.17, 15) is 4.79 Å². The molecule has 0 fully saturated rings. The van der Waals surface area contributed by atoms with E-state index in [0.29, 0.717) is 6.47 Å². The van der Waals surface area contributed by atoms with Crippen LogP contribution in [-0.2, 0) is 9.53 Å². The number of hydrogen-bond donors (Lipinski definition) is 0. The Morgan fingerprint density at radius 2 is 2.45 bits per heavy atom. The van der Waals surface area contributed by atoms with Crippen LogP contribution >= 0.6 is 0 Å². The highest BCUT2D eigenvalue weighted by Gasteiger charge is 2.08. The summed E-state index contributed by atoms with van der Waals surface area (Å²) in [5.74, 6) is 0. The highest BCUT2D eigenvalue weighted by molar-refractivity contribution is 5.37. The van der Waals surface area contributed by atoms with Crippen LogP contribution in [0.1, 0.15) is 6.92 Å². The van der Waals surface area contributed by atoms with Gasteiger partial charge in [-0.3, -0.25) is 4.79 Å². The summed E-state index contributed by atoms with van der Waals surface area (Å²) in [4.78, 5) is 11.9. The van der Waals surface area contributed by atoms with Gasteiger partial charge in [0.05, 0.1) is 0 Å². The quantitative estimate of drug-likeness (QED) is 0.564. The Morgan fingerprint density at radius 1 is 1.64 bits per heavy atom. The second-order valence-electron chi connectivity index (χ2n) is 2.30. The molecule has 0 aromatic carbocycles. The summed E-state index contributed by atoms with van der Waals surface area (Å²) in [6.07, 6.45) is 7.60. The van der Waals surface area contributed by atoms with Gasteiger partial charge in [-0.15, -0.1) is 0 Å². The minimum Gasteiger partial charge on any atom is -0.444 e. The van der Waals surface area contributed by atoms with E-state index < -0.39 is 0 Å². The van der Waals surface area contributed by atoms with Gasteiger partial charge < -0.3 is 9.64 Å². The highest BCUT2D eigenvalue weighted by Crippen LogP contribution is 2.04. The molecule has 0 spiro atoms. The summed E-state index contributed by atoms with van der Waals surface area (Å²) in [6, 6.07) is 0. The minimum atomic E-state index is -0.173. The van der Waals surface area contributed by atoms with Crippen molar-refractivity contribution in [2.75, 3.05) is 6.54 Å². The lowest BCUT2D eigenvalue weighted by Crippen LogP contribution is -2.31. The molecule has 0 amide bonds. The van der Waals surface area contributed by atoms with E-state index in [1.165, 1.54) is 0 Å². The van der Waals surface area contributed by atoms with Crippen LogP contribution in [0.4, 0.5) is 0 Å². The first kappa shape index (κ1) is 7.85. The van der Waals surface area contributed by atoms with Gasteiger partial charge >= 0.3 is 0 Å². The molecule has 3 nitrogen and oxygen atoms in total. The Morgan fingerprint density at radius 3 is 3.00 bits per heavy atom. The predicted octanol–water partition coefficient (Wildman–Crippen LogP) is 0.891. The van der Waals surface area contributed by atoms with Gasteiger partial charge in [0.1, 0.15) is 0 Å². The molecule has 11 heavy (non-hydrogen) atoms. The normalized spacial score (nSPS) is 18.1. The van der Waals surface area contributed by atoms with Crippen molar-refractivity contribution in [3.8, 4) is 0 Å². The standard InChI is InChI=1S/C8H11NO2/c1-8(11-7-10)9-5-3-2-4-6-9/h2-5,7-8H,6H2,1H3. The smallest absolute Gasteiger partial charge is 0.294 e. The zero-order valence-corrected chi connectivity index (χ0v) is 6.43. The molecule has 1 aliphatic rings. The summed E-state index contributed by atoms with van der Waals surface area (Å²) in [5.41, 5.74) is 0. The molecule has 1 aliphatic heterocycles. The van der Waals surface area contributed by atoms with Crippen LogP contribution in [-0.4, -0.2) is 24.1 Å². The van der Waals surface area contributed by atoms with E-state index in [4.69, 9.17) is 4.74 Å². The second-order valence-corrected chi connectivity index (χ2v) is 2.30. The molecule has 0 aromatic heterocycles. The average Bonchev–Trinajstić information content (AvgIpc) is 2.07. The first-order valence-electron chi connectivity index (χ1n) is 3.53. The summed E-state index contributed by atoms with van der Waals surface area (Å²) in [6.45, 7) is 3.10. The molecule has 0 aromatic rings. The number of nitrogens with zero attached hydrogens (tertiary/aromatic N) is 1. The highest BCUT2D eigenvalue weighted by atomic mass is 16.5. The summed E-state index contributed by atoms with van der Waals surface area (Å²) in [7, 11) is 0. The lowest BCUT2D eigenvalue weighted by atomic mass is 10.3. The molecule has 1 rings (SSSR count).